The first-order valence-corrected chi connectivity index (χ1v) is 6.36. The molecule has 1 aromatic rings. The monoisotopic (exact) mass is 312 g/mol. The number of rotatable bonds is 2. The summed E-state index contributed by atoms with van der Waals surface area (Å²) in [5.74, 6) is 0.100. The number of aryl methyl sites for hydroxylation is 1. The van der Waals surface area contributed by atoms with Crippen LogP contribution in [0.25, 0.3) is 0 Å². The molecule has 6 heteroatoms. The number of nitrogens with zero attached hydrogens (tertiary/aromatic N) is 2. The number of hydrogen-bond donors (Lipinski definition) is 2. The first kappa shape index (κ1) is 14.5. The van der Waals surface area contributed by atoms with Gasteiger partial charge in [-0.2, -0.15) is 0 Å². The van der Waals surface area contributed by atoms with Crippen molar-refractivity contribution in [3.05, 3.63) is 28.2 Å². The van der Waals surface area contributed by atoms with Crippen LogP contribution < -0.4 is 16.0 Å². The van der Waals surface area contributed by atoms with Gasteiger partial charge >= 0.3 is 6.03 Å². The fraction of sp³-hybridized carbons (Fsp3) is 0.333. The molecule has 0 radical (unpaired) electrons. The van der Waals surface area contributed by atoms with Gasteiger partial charge in [0.2, 0.25) is 0 Å². The lowest BCUT2D eigenvalue weighted by molar-refractivity contribution is 0.250. The van der Waals surface area contributed by atoms with Crippen molar-refractivity contribution in [2.45, 2.75) is 13.8 Å². The highest BCUT2D eigenvalue weighted by atomic mass is 79.9. The second-order valence-electron chi connectivity index (χ2n) is 3.69. The van der Waals surface area contributed by atoms with Gasteiger partial charge in [-0.05, 0) is 41.4 Å². The molecule has 98 valence electrons. The molecule has 0 aromatic heterocycles. The molecule has 0 saturated heterocycles. The van der Waals surface area contributed by atoms with E-state index in [2.05, 4.69) is 26.2 Å². The molecule has 0 heterocycles. The zero-order chi connectivity index (χ0) is 13.7. The maximum Gasteiger partial charge on any atom is 0.328 e. The Labute approximate surface area is 115 Å². The Hall–Kier alpha value is -1.56. The lowest BCUT2D eigenvalue weighted by Gasteiger charge is -2.24. The van der Waals surface area contributed by atoms with Crippen molar-refractivity contribution in [3.8, 4) is 0 Å². The van der Waals surface area contributed by atoms with E-state index in [-0.39, 0.29) is 12.0 Å². The van der Waals surface area contributed by atoms with Crippen LogP contribution in [0.15, 0.2) is 27.7 Å². The number of nitrogens with one attached hydrogen (secondary N) is 1. The third-order valence-corrected chi connectivity index (χ3v) is 3.14. The van der Waals surface area contributed by atoms with E-state index in [4.69, 9.17) is 5.73 Å². The summed E-state index contributed by atoms with van der Waals surface area (Å²) in [5, 5.41) is 2.53. The minimum absolute atomic E-state index is 0.100. The summed E-state index contributed by atoms with van der Waals surface area (Å²) in [7, 11) is 1.52. The van der Waals surface area contributed by atoms with Gasteiger partial charge in [0.15, 0.2) is 5.96 Å². The smallest absolute Gasteiger partial charge is 0.328 e. The molecule has 0 atom stereocenters. The molecule has 1 rings (SSSR count). The van der Waals surface area contributed by atoms with Crippen LogP contribution in [-0.4, -0.2) is 25.6 Å². The summed E-state index contributed by atoms with van der Waals surface area (Å²) in [4.78, 5) is 17.4. The van der Waals surface area contributed by atoms with E-state index in [0.717, 1.165) is 15.7 Å². The zero-order valence-electron chi connectivity index (χ0n) is 10.7. The van der Waals surface area contributed by atoms with Gasteiger partial charge in [0.25, 0.3) is 0 Å². The number of para-hydroxylation sites is 1. The van der Waals surface area contributed by atoms with E-state index in [0.29, 0.717) is 6.54 Å². The fourth-order valence-electron chi connectivity index (χ4n) is 1.60. The minimum atomic E-state index is -0.296. The number of carbonyl (C=O) groups is 1. The van der Waals surface area contributed by atoms with Gasteiger partial charge in [-0.1, -0.05) is 12.1 Å². The average Bonchev–Trinajstić information content (AvgIpc) is 2.33. The van der Waals surface area contributed by atoms with Crippen LogP contribution in [0.5, 0.6) is 0 Å². The second-order valence-corrected chi connectivity index (χ2v) is 4.54. The maximum absolute atomic E-state index is 12.1. The normalized spacial score (nSPS) is 11.2. The number of anilines is 1. The lowest BCUT2D eigenvalue weighted by Crippen LogP contribution is -2.46. The Kier molecular flexibility index (Phi) is 5.15. The van der Waals surface area contributed by atoms with E-state index in [1.165, 1.54) is 7.05 Å². The molecule has 3 N–H and O–H groups in total. The van der Waals surface area contributed by atoms with Crippen LogP contribution in [0.1, 0.15) is 12.5 Å². The number of amides is 2. The number of hydrogen-bond acceptors (Lipinski definition) is 2. The van der Waals surface area contributed by atoms with Gasteiger partial charge in [-0.15, -0.1) is 0 Å². The van der Waals surface area contributed by atoms with Crippen molar-refractivity contribution in [1.29, 1.82) is 0 Å². The van der Waals surface area contributed by atoms with Crippen molar-refractivity contribution < 1.29 is 4.79 Å². The van der Waals surface area contributed by atoms with Gasteiger partial charge in [0.05, 0.1) is 5.69 Å². The van der Waals surface area contributed by atoms with Gasteiger partial charge in [0.1, 0.15) is 0 Å². The number of nitrogens with two attached hydrogens (primary N) is 1. The molecule has 1 aromatic carbocycles. The number of halogens is 1. The van der Waals surface area contributed by atoms with Gasteiger partial charge in [-0.3, -0.25) is 15.2 Å². The summed E-state index contributed by atoms with van der Waals surface area (Å²) in [6.45, 7) is 4.39. The Bertz CT molecular complexity index is 453. The molecule has 0 unspecified atom stereocenters. The average molecular weight is 313 g/mol. The largest absolute Gasteiger partial charge is 0.370 e. The number of guanidine groups is 1. The summed E-state index contributed by atoms with van der Waals surface area (Å²) in [6, 6.07) is 5.48. The predicted molar refractivity (Wildman–Crippen MR) is 78.0 cm³/mol. The Morgan fingerprint density at radius 3 is 2.72 bits per heavy atom. The van der Waals surface area contributed by atoms with E-state index in [9.17, 15) is 4.79 Å². The predicted octanol–water partition coefficient (Wildman–Crippen LogP) is 2.24. The van der Waals surface area contributed by atoms with Crippen LogP contribution in [0.3, 0.4) is 0 Å². The van der Waals surface area contributed by atoms with E-state index < -0.39 is 0 Å². The molecule has 5 nitrogen and oxygen atoms in total. The molecule has 0 bridgehead atoms. The third kappa shape index (κ3) is 3.22. The van der Waals surface area contributed by atoms with Gasteiger partial charge in [-0.25, -0.2) is 4.79 Å². The van der Waals surface area contributed by atoms with Crippen LogP contribution in [-0.2, 0) is 0 Å². The highest BCUT2D eigenvalue weighted by Gasteiger charge is 2.18. The molecule has 18 heavy (non-hydrogen) atoms. The van der Waals surface area contributed by atoms with Crippen LogP contribution in [0, 0.1) is 6.92 Å². The number of urea groups is 1. The molecule has 0 aliphatic heterocycles. The van der Waals surface area contributed by atoms with E-state index in [1.807, 2.05) is 32.0 Å². The van der Waals surface area contributed by atoms with Gasteiger partial charge in [0, 0.05) is 18.1 Å². The number of benzene rings is 1. The van der Waals surface area contributed by atoms with Crippen LogP contribution in [0.2, 0.25) is 0 Å². The summed E-state index contributed by atoms with van der Waals surface area (Å²) < 4.78 is 0.867. The maximum atomic E-state index is 12.1. The summed E-state index contributed by atoms with van der Waals surface area (Å²) in [5.41, 5.74) is 7.34. The standard InChI is InChI=1S/C12H17BrN4O/c1-4-17(12(18)16-11(14)15-3)10-8(2)6-5-7-9(10)13/h5-7H,4H2,1-3H3,(H3,14,15,16,18). The van der Waals surface area contributed by atoms with Crippen molar-refractivity contribution >= 4 is 33.6 Å². The molecular formula is C12H17BrN4O. The van der Waals surface area contributed by atoms with Crippen molar-refractivity contribution in [2.24, 2.45) is 10.7 Å². The topological polar surface area (TPSA) is 70.7 Å². The van der Waals surface area contributed by atoms with Crippen molar-refractivity contribution in [3.63, 3.8) is 0 Å². The molecule has 0 spiro atoms. The molecule has 0 fully saturated rings. The first-order chi connectivity index (χ1) is 8.51. The van der Waals surface area contributed by atoms with Crippen molar-refractivity contribution in [1.82, 2.24) is 5.32 Å². The molecule has 0 aliphatic rings. The highest BCUT2D eigenvalue weighted by Crippen LogP contribution is 2.29. The van der Waals surface area contributed by atoms with Crippen LogP contribution >= 0.6 is 15.9 Å². The fourth-order valence-corrected chi connectivity index (χ4v) is 2.28. The second kappa shape index (κ2) is 6.39. The zero-order valence-corrected chi connectivity index (χ0v) is 12.3. The SMILES string of the molecule is CCN(C(=O)NC(N)=NC)c1c(C)cccc1Br. The Balaban J connectivity index is 3.07. The Morgan fingerprint density at radius 2 is 2.22 bits per heavy atom. The third-order valence-electron chi connectivity index (χ3n) is 2.50. The quantitative estimate of drug-likeness (QED) is 0.649. The van der Waals surface area contributed by atoms with Crippen molar-refractivity contribution in [2.75, 3.05) is 18.5 Å². The van der Waals surface area contributed by atoms with E-state index >= 15 is 0 Å². The Morgan fingerprint density at radius 1 is 1.56 bits per heavy atom. The molecule has 0 aliphatic carbocycles. The summed E-state index contributed by atoms with van der Waals surface area (Å²) >= 11 is 3.46. The molecule has 2 amide bonds. The lowest BCUT2D eigenvalue weighted by atomic mass is 10.2. The summed E-state index contributed by atoms with van der Waals surface area (Å²) in [6.07, 6.45) is 0. The minimum Gasteiger partial charge on any atom is -0.370 e. The van der Waals surface area contributed by atoms with E-state index in [1.54, 1.807) is 4.90 Å². The first-order valence-electron chi connectivity index (χ1n) is 5.57. The van der Waals surface area contributed by atoms with Gasteiger partial charge < -0.3 is 5.73 Å². The molecular weight excluding hydrogens is 296 g/mol. The number of carbonyl (C=O) groups excluding carboxylic acids is 1. The molecule has 0 saturated carbocycles. The highest BCUT2D eigenvalue weighted by molar-refractivity contribution is 9.10. The number of aliphatic imine (C=N–C) groups is 1. The van der Waals surface area contributed by atoms with Crippen LogP contribution in [0.4, 0.5) is 10.5 Å².